The lowest BCUT2D eigenvalue weighted by atomic mass is 9.92. The Morgan fingerprint density at radius 2 is 2.08 bits per heavy atom. The normalized spacial score (nSPS) is 18.5. The lowest BCUT2D eigenvalue weighted by Crippen LogP contribution is -2.49. The predicted octanol–water partition coefficient (Wildman–Crippen LogP) is 3.05. The van der Waals surface area contributed by atoms with Crippen LogP contribution in [0.25, 0.3) is 0 Å². The summed E-state index contributed by atoms with van der Waals surface area (Å²) in [6, 6.07) is 9.74. The summed E-state index contributed by atoms with van der Waals surface area (Å²) >= 11 is 0. The van der Waals surface area contributed by atoms with E-state index in [1.165, 1.54) is 0 Å². The maximum atomic E-state index is 12.2. The molecule has 134 valence electrons. The first-order valence-corrected chi connectivity index (χ1v) is 8.72. The van der Waals surface area contributed by atoms with Crippen molar-refractivity contribution >= 4 is 6.09 Å². The van der Waals surface area contributed by atoms with E-state index < -0.39 is 0 Å². The number of amides is 1. The minimum atomic E-state index is -0.262. The van der Waals surface area contributed by atoms with Gasteiger partial charge >= 0.3 is 6.09 Å². The number of carbonyl (C=O) groups is 1. The standard InChI is InChI=1S/C19H30N2O3/c1-19(2,3)9-10-20-13-17-14-21(11-12-23-17)18(22)24-15-16-7-5-4-6-8-16/h4-8,17,20H,9-15H2,1-3H3. The summed E-state index contributed by atoms with van der Waals surface area (Å²) in [5, 5.41) is 3.43. The van der Waals surface area contributed by atoms with Crippen molar-refractivity contribution in [2.24, 2.45) is 5.41 Å². The fourth-order valence-corrected chi connectivity index (χ4v) is 2.55. The lowest BCUT2D eigenvalue weighted by Gasteiger charge is -2.32. The molecule has 1 unspecified atom stereocenters. The molecule has 0 saturated carbocycles. The van der Waals surface area contributed by atoms with Gasteiger partial charge in [0.2, 0.25) is 0 Å². The van der Waals surface area contributed by atoms with Crippen LogP contribution in [-0.4, -0.2) is 49.9 Å². The summed E-state index contributed by atoms with van der Waals surface area (Å²) in [7, 11) is 0. The molecule has 5 heteroatoms. The highest BCUT2D eigenvalue weighted by atomic mass is 16.6. The van der Waals surface area contributed by atoms with Gasteiger partial charge in [-0.2, -0.15) is 0 Å². The smallest absolute Gasteiger partial charge is 0.410 e. The fraction of sp³-hybridized carbons (Fsp3) is 0.632. The van der Waals surface area contributed by atoms with Crippen LogP contribution in [0.15, 0.2) is 30.3 Å². The lowest BCUT2D eigenvalue weighted by molar-refractivity contribution is -0.0271. The number of hydrogen-bond acceptors (Lipinski definition) is 4. The molecule has 1 fully saturated rings. The van der Waals surface area contributed by atoms with Crippen LogP contribution < -0.4 is 5.32 Å². The summed E-state index contributed by atoms with van der Waals surface area (Å²) in [5.41, 5.74) is 1.33. The average molecular weight is 334 g/mol. The first kappa shape index (κ1) is 18.7. The van der Waals surface area contributed by atoms with Crippen molar-refractivity contribution in [1.82, 2.24) is 10.2 Å². The van der Waals surface area contributed by atoms with Gasteiger partial charge in [0.15, 0.2) is 0 Å². The SMILES string of the molecule is CC(C)(C)CCNCC1CN(C(=O)OCc2ccccc2)CCO1. The molecule has 1 heterocycles. The van der Waals surface area contributed by atoms with Crippen molar-refractivity contribution in [3.63, 3.8) is 0 Å². The zero-order valence-corrected chi connectivity index (χ0v) is 15.1. The highest BCUT2D eigenvalue weighted by Gasteiger charge is 2.25. The van der Waals surface area contributed by atoms with Crippen molar-refractivity contribution in [2.45, 2.75) is 39.9 Å². The number of ether oxygens (including phenoxy) is 2. The maximum absolute atomic E-state index is 12.2. The van der Waals surface area contributed by atoms with Crippen LogP contribution in [0.2, 0.25) is 0 Å². The van der Waals surface area contributed by atoms with Crippen LogP contribution in [0.3, 0.4) is 0 Å². The zero-order valence-electron chi connectivity index (χ0n) is 15.1. The highest BCUT2D eigenvalue weighted by Crippen LogP contribution is 2.17. The van der Waals surface area contributed by atoms with Crippen molar-refractivity contribution in [3.05, 3.63) is 35.9 Å². The van der Waals surface area contributed by atoms with Gasteiger partial charge < -0.3 is 19.7 Å². The zero-order chi connectivity index (χ0) is 17.4. The molecule has 2 rings (SSSR count). The maximum Gasteiger partial charge on any atom is 0.410 e. The third kappa shape index (κ3) is 6.89. The van der Waals surface area contributed by atoms with E-state index in [1.807, 2.05) is 30.3 Å². The van der Waals surface area contributed by atoms with Gasteiger partial charge in [-0.1, -0.05) is 51.1 Å². The number of hydrogen-bond donors (Lipinski definition) is 1. The number of nitrogens with one attached hydrogen (secondary N) is 1. The number of carbonyl (C=O) groups excluding carboxylic acids is 1. The Morgan fingerprint density at radius 1 is 1.33 bits per heavy atom. The molecule has 0 radical (unpaired) electrons. The Bertz CT molecular complexity index is 499. The van der Waals surface area contributed by atoms with Gasteiger partial charge in [-0.05, 0) is 23.9 Å². The first-order chi connectivity index (χ1) is 11.4. The predicted molar refractivity (Wildman–Crippen MR) is 94.9 cm³/mol. The van der Waals surface area contributed by atoms with Crippen molar-refractivity contribution in [3.8, 4) is 0 Å². The van der Waals surface area contributed by atoms with Gasteiger partial charge in [0.1, 0.15) is 6.61 Å². The van der Waals surface area contributed by atoms with E-state index in [9.17, 15) is 4.79 Å². The molecule has 1 N–H and O–H groups in total. The van der Waals surface area contributed by atoms with Crippen LogP contribution in [0.4, 0.5) is 4.79 Å². The van der Waals surface area contributed by atoms with Gasteiger partial charge in [0.05, 0.1) is 19.3 Å². The second kappa shape index (κ2) is 9.04. The summed E-state index contributed by atoms with van der Waals surface area (Å²) in [6.07, 6.45) is 0.882. The van der Waals surface area contributed by atoms with E-state index in [0.29, 0.717) is 31.7 Å². The van der Waals surface area contributed by atoms with E-state index >= 15 is 0 Å². The van der Waals surface area contributed by atoms with E-state index in [2.05, 4.69) is 26.1 Å². The Kier molecular flexibility index (Phi) is 7.06. The number of nitrogens with zero attached hydrogens (tertiary/aromatic N) is 1. The van der Waals surface area contributed by atoms with E-state index in [4.69, 9.17) is 9.47 Å². The summed E-state index contributed by atoms with van der Waals surface area (Å²) < 4.78 is 11.1. The molecule has 1 aliphatic heterocycles. The minimum absolute atomic E-state index is 0.0305. The van der Waals surface area contributed by atoms with Gasteiger partial charge in [-0.25, -0.2) is 4.79 Å². The first-order valence-electron chi connectivity index (χ1n) is 8.72. The molecule has 0 aromatic heterocycles. The average Bonchev–Trinajstić information content (AvgIpc) is 2.57. The number of morpholine rings is 1. The van der Waals surface area contributed by atoms with E-state index in [1.54, 1.807) is 4.90 Å². The number of rotatable bonds is 6. The van der Waals surface area contributed by atoms with Crippen LogP contribution in [0, 0.1) is 5.41 Å². The van der Waals surface area contributed by atoms with Gasteiger partial charge in [0.25, 0.3) is 0 Å². The molecule has 1 saturated heterocycles. The Hall–Kier alpha value is -1.59. The van der Waals surface area contributed by atoms with E-state index in [-0.39, 0.29) is 12.2 Å². The highest BCUT2D eigenvalue weighted by molar-refractivity contribution is 5.67. The third-order valence-electron chi connectivity index (χ3n) is 4.03. The largest absolute Gasteiger partial charge is 0.445 e. The molecule has 5 nitrogen and oxygen atoms in total. The van der Waals surface area contributed by atoms with Crippen LogP contribution in [0.1, 0.15) is 32.8 Å². The van der Waals surface area contributed by atoms with Crippen LogP contribution in [0.5, 0.6) is 0 Å². The van der Waals surface area contributed by atoms with Crippen LogP contribution >= 0.6 is 0 Å². The molecule has 0 bridgehead atoms. The molecule has 1 amide bonds. The molecule has 1 atom stereocenters. The molecule has 1 aliphatic rings. The Labute approximate surface area is 145 Å². The quantitative estimate of drug-likeness (QED) is 0.813. The molecular formula is C19H30N2O3. The molecule has 0 spiro atoms. The molecule has 1 aromatic carbocycles. The molecule has 0 aliphatic carbocycles. The Balaban J connectivity index is 1.69. The van der Waals surface area contributed by atoms with Crippen LogP contribution in [-0.2, 0) is 16.1 Å². The fourth-order valence-electron chi connectivity index (χ4n) is 2.55. The third-order valence-corrected chi connectivity index (χ3v) is 4.03. The summed E-state index contributed by atoms with van der Waals surface area (Å²) in [4.78, 5) is 13.9. The van der Waals surface area contributed by atoms with Crippen molar-refractivity contribution in [2.75, 3.05) is 32.8 Å². The van der Waals surface area contributed by atoms with Gasteiger partial charge in [-0.15, -0.1) is 0 Å². The summed E-state index contributed by atoms with van der Waals surface area (Å²) in [6.45, 7) is 10.5. The van der Waals surface area contributed by atoms with Crippen molar-refractivity contribution in [1.29, 1.82) is 0 Å². The second-order valence-corrected chi connectivity index (χ2v) is 7.49. The minimum Gasteiger partial charge on any atom is -0.445 e. The van der Waals surface area contributed by atoms with E-state index in [0.717, 1.165) is 25.1 Å². The molecular weight excluding hydrogens is 304 g/mol. The topological polar surface area (TPSA) is 50.8 Å². The molecule has 1 aromatic rings. The Morgan fingerprint density at radius 3 is 2.79 bits per heavy atom. The van der Waals surface area contributed by atoms with Crippen molar-refractivity contribution < 1.29 is 14.3 Å². The molecule has 24 heavy (non-hydrogen) atoms. The second-order valence-electron chi connectivity index (χ2n) is 7.49. The van der Waals surface area contributed by atoms with Gasteiger partial charge in [0, 0.05) is 13.1 Å². The van der Waals surface area contributed by atoms with Gasteiger partial charge in [-0.3, -0.25) is 0 Å². The monoisotopic (exact) mass is 334 g/mol. The number of benzene rings is 1. The summed E-state index contributed by atoms with van der Waals surface area (Å²) in [5.74, 6) is 0.